The third kappa shape index (κ3) is 71.4. The Morgan fingerprint density at radius 1 is 0.296 bits per heavy atom. The molecule has 0 fully saturated rings. The van der Waals surface area contributed by atoms with Gasteiger partial charge in [0, 0.05) is 25.7 Å². The van der Waals surface area contributed by atoms with Crippen molar-refractivity contribution in [3.05, 3.63) is 48.6 Å². The maximum atomic E-state index is 13.1. The largest absolute Gasteiger partial charge is 0.472 e. The van der Waals surface area contributed by atoms with Crippen LogP contribution < -0.4 is 0 Å². The molecule has 5 atom stereocenters. The lowest BCUT2D eigenvalue weighted by Crippen LogP contribution is -2.30. The van der Waals surface area contributed by atoms with Crippen LogP contribution >= 0.6 is 15.6 Å². The van der Waals surface area contributed by atoms with E-state index in [4.69, 9.17) is 37.0 Å². The topological polar surface area (TPSA) is 237 Å². The van der Waals surface area contributed by atoms with Crippen molar-refractivity contribution in [3.8, 4) is 0 Å². The summed E-state index contributed by atoms with van der Waals surface area (Å²) in [5.74, 6) is -2.16. The first-order valence-electron chi connectivity index (χ1n) is 39.9. The summed E-state index contributed by atoms with van der Waals surface area (Å²) in [7, 11) is -9.93. The average Bonchev–Trinajstić information content (AvgIpc) is 1.05. The van der Waals surface area contributed by atoms with E-state index < -0.39 is 97.5 Å². The van der Waals surface area contributed by atoms with E-state index in [2.05, 4.69) is 76.3 Å². The van der Waals surface area contributed by atoms with Gasteiger partial charge in [0.05, 0.1) is 26.4 Å². The summed E-state index contributed by atoms with van der Waals surface area (Å²) in [6, 6.07) is 0. The summed E-state index contributed by atoms with van der Waals surface area (Å²) in [6.07, 6.45) is 69.4. The molecule has 0 aliphatic rings. The van der Waals surface area contributed by atoms with E-state index in [0.29, 0.717) is 25.7 Å². The Balaban J connectivity index is 5.31. The molecule has 0 saturated carbocycles. The number of esters is 4. The number of aliphatic hydroxyl groups excluding tert-OH is 1. The molecular formula is C79H146O17P2. The molecule has 0 aliphatic carbocycles. The van der Waals surface area contributed by atoms with Gasteiger partial charge < -0.3 is 33.8 Å². The Kier molecular flexibility index (Phi) is 70.2. The van der Waals surface area contributed by atoms with Crippen molar-refractivity contribution >= 4 is 39.5 Å². The van der Waals surface area contributed by atoms with Crippen molar-refractivity contribution in [1.29, 1.82) is 0 Å². The molecule has 0 bridgehead atoms. The molecule has 98 heavy (non-hydrogen) atoms. The van der Waals surface area contributed by atoms with Gasteiger partial charge in [0.25, 0.3) is 0 Å². The van der Waals surface area contributed by atoms with E-state index in [1.54, 1.807) is 0 Å². The number of phosphoric acid groups is 2. The normalized spacial score (nSPS) is 14.2. The number of aliphatic hydroxyl groups is 1. The van der Waals surface area contributed by atoms with Crippen molar-refractivity contribution < 1.29 is 80.2 Å². The van der Waals surface area contributed by atoms with Gasteiger partial charge in [-0.3, -0.25) is 37.3 Å². The summed E-state index contributed by atoms with van der Waals surface area (Å²) in [5.41, 5.74) is 0. The fourth-order valence-electron chi connectivity index (χ4n) is 11.3. The first-order chi connectivity index (χ1) is 47.7. The molecule has 0 spiro atoms. The van der Waals surface area contributed by atoms with Crippen LogP contribution in [0.15, 0.2) is 48.6 Å². The molecular weight excluding hydrogens is 1280 g/mol. The molecule has 574 valence electrons. The first-order valence-corrected chi connectivity index (χ1v) is 42.9. The second kappa shape index (κ2) is 72.4. The van der Waals surface area contributed by atoms with Crippen LogP contribution in [0.4, 0.5) is 0 Å². The number of ether oxygens (including phenoxy) is 4. The fraction of sp³-hybridized carbons (Fsp3) is 0.848. The number of hydrogen-bond donors (Lipinski definition) is 3. The van der Waals surface area contributed by atoms with Crippen LogP contribution in [-0.2, 0) is 65.4 Å². The molecule has 0 aromatic rings. The molecule has 0 aromatic heterocycles. The van der Waals surface area contributed by atoms with Crippen LogP contribution in [-0.4, -0.2) is 96.7 Å². The number of hydrogen-bond acceptors (Lipinski definition) is 15. The van der Waals surface area contributed by atoms with Gasteiger partial charge in [-0.25, -0.2) is 9.13 Å². The number of carbonyl (C=O) groups is 4. The van der Waals surface area contributed by atoms with Crippen LogP contribution in [0.3, 0.4) is 0 Å². The van der Waals surface area contributed by atoms with Gasteiger partial charge in [0.1, 0.15) is 19.3 Å². The maximum Gasteiger partial charge on any atom is 0.472 e. The summed E-state index contributed by atoms with van der Waals surface area (Å²) >= 11 is 0. The van der Waals surface area contributed by atoms with Gasteiger partial charge in [0.2, 0.25) is 0 Å². The van der Waals surface area contributed by atoms with E-state index in [-0.39, 0.29) is 25.7 Å². The highest BCUT2D eigenvalue weighted by Crippen LogP contribution is 2.45. The Morgan fingerprint density at radius 2 is 0.531 bits per heavy atom. The molecule has 19 heteroatoms. The lowest BCUT2D eigenvalue weighted by molar-refractivity contribution is -0.161. The summed E-state index contributed by atoms with van der Waals surface area (Å²) in [6.45, 7) is 4.82. The van der Waals surface area contributed by atoms with E-state index in [9.17, 15) is 43.2 Å². The zero-order valence-electron chi connectivity index (χ0n) is 62.7. The predicted octanol–water partition coefficient (Wildman–Crippen LogP) is 22.9. The molecule has 0 radical (unpaired) electrons. The third-order valence-corrected chi connectivity index (χ3v) is 19.2. The Labute approximate surface area is 597 Å². The summed E-state index contributed by atoms with van der Waals surface area (Å²) in [4.78, 5) is 72.9. The van der Waals surface area contributed by atoms with Gasteiger partial charge in [0.15, 0.2) is 12.2 Å². The van der Waals surface area contributed by atoms with Crippen LogP contribution in [0, 0.1) is 0 Å². The highest BCUT2D eigenvalue weighted by molar-refractivity contribution is 7.47. The Morgan fingerprint density at radius 3 is 0.816 bits per heavy atom. The van der Waals surface area contributed by atoms with Crippen molar-refractivity contribution in [1.82, 2.24) is 0 Å². The second-order valence-electron chi connectivity index (χ2n) is 27.0. The smallest absolute Gasteiger partial charge is 0.462 e. The molecule has 0 heterocycles. The van der Waals surface area contributed by atoms with Gasteiger partial charge >= 0.3 is 39.5 Å². The van der Waals surface area contributed by atoms with Gasteiger partial charge in [-0.1, -0.05) is 333 Å². The molecule has 0 amide bonds. The number of rotatable bonds is 76. The summed E-state index contributed by atoms with van der Waals surface area (Å²) < 4.78 is 68.6. The molecule has 5 unspecified atom stereocenters. The quantitative estimate of drug-likeness (QED) is 0.0169. The SMILES string of the molecule is CC/C=C\C/C=C\C/C=C\C/C=C\CCCCCCC(=O)OCC(COP(=O)(O)OCC(O)COP(=O)(O)OCC(COC(=O)CCCCCCCCCCCCCCC)OC(=O)CCCCCCCCCCCCCCC)OC(=O)CCCCCCCCCCCCCCCCC. The monoisotopic (exact) mass is 1430 g/mol. The first kappa shape index (κ1) is 95.0. The maximum absolute atomic E-state index is 13.1. The van der Waals surface area contributed by atoms with Crippen molar-refractivity contribution in [2.75, 3.05) is 39.6 Å². The van der Waals surface area contributed by atoms with E-state index in [0.717, 1.165) is 122 Å². The highest BCUT2D eigenvalue weighted by atomic mass is 31.2. The minimum absolute atomic E-state index is 0.0971. The fourth-order valence-corrected chi connectivity index (χ4v) is 12.9. The minimum atomic E-state index is -4.97. The molecule has 0 aromatic carbocycles. The van der Waals surface area contributed by atoms with Crippen molar-refractivity contribution in [3.63, 3.8) is 0 Å². The van der Waals surface area contributed by atoms with Crippen LogP contribution in [0.1, 0.15) is 374 Å². The Hall–Kier alpha value is -2.98. The molecule has 0 aliphatic heterocycles. The van der Waals surface area contributed by atoms with E-state index in [1.807, 2.05) is 0 Å². The minimum Gasteiger partial charge on any atom is -0.462 e. The molecule has 0 rings (SSSR count). The molecule has 17 nitrogen and oxygen atoms in total. The standard InChI is InChI=1S/C79H146O17P2/c1-5-9-13-17-21-25-29-33-35-36-38-41-44-48-52-56-60-64-77(82)90-70-75(96-79(84)66-62-58-54-50-46-42-37-34-30-26-22-18-14-10-6-2)72-94-98(87,88)92-68-73(80)67-91-97(85,86)93-71-74(95-78(83)65-61-57-53-49-45-40-32-28-24-20-16-12-8-4)69-89-76(81)63-59-55-51-47-43-39-31-27-23-19-15-11-7-3/h9,13,21,25,33,35,38,41,73-75,80H,5-8,10-12,14-20,22-24,26-32,34,36-37,39-40,42-72H2,1-4H3,(H,85,86)(H,87,88)/b13-9-,25-21-,35-33-,41-38-. The van der Waals surface area contributed by atoms with Gasteiger partial charge in [-0.2, -0.15) is 0 Å². The molecule has 0 saturated heterocycles. The van der Waals surface area contributed by atoms with Crippen LogP contribution in [0.5, 0.6) is 0 Å². The van der Waals surface area contributed by atoms with Gasteiger partial charge in [-0.05, 0) is 64.2 Å². The average molecular weight is 1430 g/mol. The lowest BCUT2D eigenvalue weighted by atomic mass is 10.0. The lowest BCUT2D eigenvalue weighted by Gasteiger charge is -2.21. The highest BCUT2D eigenvalue weighted by Gasteiger charge is 2.30. The number of phosphoric ester groups is 2. The summed E-state index contributed by atoms with van der Waals surface area (Å²) in [5, 5.41) is 10.6. The van der Waals surface area contributed by atoms with Crippen LogP contribution in [0.25, 0.3) is 0 Å². The van der Waals surface area contributed by atoms with Gasteiger partial charge in [-0.15, -0.1) is 0 Å². The number of unbranched alkanes of at least 4 members (excludes halogenated alkanes) is 42. The Bertz CT molecular complexity index is 2050. The van der Waals surface area contributed by atoms with E-state index in [1.165, 1.54) is 173 Å². The number of allylic oxidation sites excluding steroid dienone is 8. The zero-order valence-corrected chi connectivity index (χ0v) is 64.5. The van der Waals surface area contributed by atoms with E-state index >= 15 is 0 Å². The zero-order chi connectivity index (χ0) is 71.8. The van der Waals surface area contributed by atoms with Crippen molar-refractivity contribution in [2.45, 2.75) is 393 Å². The third-order valence-electron chi connectivity index (χ3n) is 17.3. The second-order valence-corrected chi connectivity index (χ2v) is 29.9. The van der Waals surface area contributed by atoms with Crippen molar-refractivity contribution in [2.24, 2.45) is 0 Å². The van der Waals surface area contributed by atoms with Crippen LogP contribution in [0.2, 0.25) is 0 Å². The predicted molar refractivity (Wildman–Crippen MR) is 400 cm³/mol. The molecule has 3 N–H and O–H groups in total. The number of carbonyl (C=O) groups excluding carboxylic acids is 4.